The van der Waals surface area contributed by atoms with Crippen LogP contribution in [0, 0.1) is 0 Å². The second-order valence-corrected chi connectivity index (χ2v) is 7.39. The van der Waals surface area contributed by atoms with Gasteiger partial charge in [-0.3, -0.25) is 19.2 Å². The van der Waals surface area contributed by atoms with E-state index in [1.807, 2.05) is 0 Å². The van der Waals surface area contributed by atoms with Crippen LogP contribution >= 0.6 is 0 Å². The Morgan fingerprint density at radius 2 is 1.06 bits per heavy atom. The summed E-state index contributed by atoms with van der Waals surface area (Å²) in [5.41, 5.74) is 1.35. The van der Waals surface area contributed by atoms with Crippen molar-refractivity contribution >= 4 is 23.5 Å². The second-order valence-electron chi connectivity index (χ2n) is 7.39. The zero-order valence-corrected chi connectivity index (χ0v) is 19.3. The number of Topliss-reactive ketones (excluding diaryl/α,β-unsaturated/α-hetero) is 2. The third-order valence-corrected chi connectivity index (χ3v) is 4.80. The minimum absolute atomic E-state index is 0.133. The maximum atomic E-state index is 12.4. The van der Waals surface area contributed by atoms with E-state index in [9.17, 15) is 19.2 Å². The number of hydrogen-bond acceptors (Lipinski definition) is 8. The van der Waals surface area contributed by atoms with E-state index in [4.69, 9.17) is 18.9 Å². The molecule has 2 rings (SSSR count). The van der Waals surface area contributed by atoms with Gasteiger partial charge in [-0.25, -0.2) is 0 Å². The lowest BCUT2D eigenvalue weighted by atomic mass is 10.0. The fourth-order valence-corrected chi connectivity index (χ4v) is 3.18. The molecule has 0 fully saturated rings. The van der Waals surface area contributed by atoms with Crippen molar-refractivity contribution in [2.75, 3.05) is 14.2 Å². The van der Waals surface area contributed by atoms with Crippen molar-refractivity contribution in [1.29, 1.82) is 0 Å². The molecule has 0 N–H and O–H groups in total. The number of carbonyl (C=O) groups is 4. The molecule has 0 aliphatic carbocycles. The third-order valence-electron chi connectivity index (χ3n) is 4.80. The summed E-state index contributed by atoms with van der Waals surface area (Å²) in [6.07, 6.45) is 0.723. The van der Waals surface area contributed by atoms with Crippen molar-refractivity contribution < 1.29 is 38.1 Å². The lowest BCUT2D eigenvalue weighted by molar-refractivity contribution is -0.132. The smallest absolute Gasteiger partial charge is 0.308 e. The second kappa shape index (κ2) is 12.4. The minimum Gasteiger partial charge on any atom is -0.497 e. The molecule has 176 valence electrons. The first-order valence-corrected chi connectivity index (χ1v) is 10.5. The maximum Gasteiger partial charge on any atom is 0.308 e. The first-order chi connectivity index (χ1) is 15.7. The molecule has 2 aromatic rings. The molecule has 0 aliphatic rings. The summed E-state index contributed by atoms with van der Waals surface area (Å²) in [6, 6.07) is 10.1. The average Bonchev–Trinajstić information content (AvgIpc) is 2.76. The largest absolute Gasteiger partial charge is 0.497 e. The summed E-state index contributed by atoms with van der Waals surface area (Å²) < 4.78 is 20.7. The van der Waals surface area contributed by atoms with E-state index in [1.54, 1.807) is 36.4 Å². The quantitative estimate of drug-likeness (QED) is 0.271. The first kappa shape index (κ1) is 25.6. The number of esters is 2. The van der Waals surface area contributed by atoms with Crippen molar-refractivity contribution in [2.45, 2.75) is 46.0 Å². The lowest BCUT2D eigenvalue weighted by Gasteiger charge is -2.11. The van der Waals surface area contributed by atoms with Crippen LogP contribution in [0.25, 0.3) is 0 Å². The fraction of sp³-hybridized carbons (Fsp3) is 0.360. The van der Waals surface area contributed by atoms with Gasteiger partial charge in [0.15, 0.2) is 0 Å². The van der Waals surface area contributed by atoms with Crippen LogP contribution in [0.3, 0.4) is 0 Å². The molecule has 0 saturated heterocycles. The highest BCUT2D eigenvalue weighted by molar-refractivity contribution is 5.99. The summed E-state index contributed by atoms with van der Waals surface area (Å²) in [5.74, 6) is 0.359. The molecule has 0 unspecified atom stereocenters. The molecule has 8 nitrogen and oxygen atoms in total. The highest BCUT2D eigenvalue weighted by atomic mass is 16.5. The molecule has 0 amide bonds. The van der Waals surface area contributed by atoms with Gasteiger partial charge in [-0.15, -0.1) is 0 Å². The zero-order valence-electron chi connectivity index (χ0n) is 19.3. The van der Waals surface area contributed by atoms with E-state index in [-0.39, 0.29) is 30.8 Å². The molecule has 0 spiro atoms. The molecule has 0 atom stereocenters. The van der Waals surface area contributed by atoms with Gasteiger partial charge < -0.3 is 18.9 Å². The monoisotopic (exact) mass is 456 g/mol. The molecule has 0 bridgehead atoms. The summed E-state index contributed by atoms with van der Waals surface area (Å²) in [7, 11) is 3.01. The number of aryl methyl sites for hydroxylation is 2. The summed E-state index contributed by atoms with van der Waals surface area (Å²) in [4.78, 5) is 47.4. The van der Waals surface area contributed by atoms with Crippen molar-refractivity contribution in [3.05, 3.63) is 47.5 Å². The van der Waals surface area contributed by atoms with Gasteiger partial charge in [0.2, 0.25) is 0 Å². The third kappa shape index (κ3) is 8.40. The number of hydrogen-bond donors (Lipinski definition) is 0. The standard InChI is InChI=1S/C25H28O8/c1-16(26)32-24-14-22(30-3)11-7-18(24)5-9-20(28)13-21(29)10-6-19-8-12-23(31-4)15-25(19)33-17(2)27/h7-8,11-12,14-15H,5-6,9-10,13H2,1-4H3. The SMILES string of the molecule is COc1ccc(CCC(=O)CC(=O)CCc2ccc(OC)cc2OC(C)=O)c(OC(C)=O)c1. The Labute approximate surface area is 192 Å². The van der Waals surface area contributed by atoms with Crippen LogP contribution in [0.4, 0.5) is 0 Å². The van der Waals surface area contributed by atoms with E-state index in [0.717, 1.165) is 0 Å². The molecule has 0 aliphatic heterocycles. The van der Waals surface area contributed by atoms with Crippen molar-refractivity contribution in [3.63, 3.8) is 0 Å². The lowest BCUT2D eigenvalue weighted by Crippen LogP contribution is -2.11. The highest BCUT2D eigenvalue weighted by Gasteiger charge is 2.15. The fourth-order valence-electron chi connectivity index (χ4n) is 3.18. The summed E-state index contributed by atoms with van der Waals surface area (Å²) in [6.45, 7) is 2.59. The number of benzene rings is 2. The molecular weight excluding hydrogens is 428 g/mol. The van der Waals surface area contributed by atoms with Gasteiger partial charge in [0.1, 0.15) is 34.6 Å². The summed E-state index contributed by atoms with van der Waals surface area (Å²) >= 11 is 0. The molecule has 8 heteroatoms. The Kier molecular flexibility index (Phi) is 9.60. The molecule has 0 heterocycles. The maximum absolute atomic E-state index is 12.4. The zero-order chi connectivity index (χ0) is 24.4. The van der Waals surface area contributed by atoms with Crippen molar-refractivity contribution in [1.82, 2.24) is 0 Å². The van der Waals surface area contributed by atoms with E-state index in [2.05, 4.69) is 0 Å². The van der Waals surface area contributed by atoms with E-state index >= 15 is 0 Å². The Morgan fingerprint density at radius 3 is 1.39 bits per heavy atom. The van der Waals surface area contributed by atoms with Gasteiger partial charge in [-0.2, -0.15) is 0 Å². The normalized spacial score (nSPS) is 10.3. The Bertz CT molecular complexity index is 944. The molecule has 2 aromatic carbocycles. The molecule has 0 saturated carbocycles. The predicted molar refractivity (Wildman–Crippen MR) is 120 cm³/mol. The minimum atomic E-state index is -0.474. The number of ketones is 2. The Hall–Kier alpha value is -3.68. The van der Waals surface area contributed by atoms with Gasteiger partial charge >= 0.3 is 11.9 Å². The molecular formula is C25H28O8. The van der Waals surface area contributed by atoms with E-state index < -0.39 is 11.9 Å². The number of rotatable bonds is 12. The topological polar surface area (TPSA) is 105 Å². The van der Waals surface area contributed by atoms with E-state index in [1.165, 1.54) is 28.1 Å². The van der Waals surface area contributed by atoms with Crippen LogP contribution in [-0.2, 0) is 32.0 Å². The van der Waals surface area contributed by atoms with Crippen molar-refractivity contribution in [2.24, 2.45) is 0 Å². The molecule has 33 heavy (non-hydrogen) atoms. The van der Waals surface area contributed by atoms with Gasteiger partial charge in [-0.05, 0) is 36.1 Å². The predicted octanol–water partition coefficient (Wildman–Crippen LogP) is 3.65. The number of ether oxygens (including phenoxy) is 4. The number of carbonyl (C=O) groups excluding carboxylic acids is 4. The van der Waals surface area contributed by atoms with Crippen LogP contribution in [-0.4, -0.2) is 37.7 Å². The van der Waals surface area contributed by atoms with Crippen molar-refractivity contribution in [3.8, 4) is 23.0 Å². The Morgan fingerprint density at radius 1 is 0.667 bits per heavy atom. The van der Waals surface area contributed by atoms with Crippen LogP contribution in [0.5, 0.6) is 23.0 Å². The van der Waals surface area contributed by atoms with Crippen LogP contribution in [0.15, 0.2) is 36.4 Å². The van der Waals surface area contributed by atoms with Crippen LogP contribution < -0.4 is 18.9 Å². The van der Waals surface area contributed by atoms with Crippen LogP contribution in [0.1, 0.15) is 44.2 Å². The Balaban J connectivity index is 1.93. The number of methoxy groups -OCH3 is 2. The molecule has 0 radical (unpaired) electrons. The first-order valence-electron chi connectivity index (χ1n) is 10.5. The highest BCUT2D eigenvalue weighted by Crippen LogP contribution is 2.27. The van der Waals surface area contributed by atoms with Gasteiger partial charge in [0.05, 0.1) is 20.6 Å². The van der Waals surface area contributed by atoms with Gasteiger partial charge in [0.25, 0.3) is 0 Å². The van der Waals surface area contributed by atoms with E-state index in [0.29, 0.717) is 47.0 Å². The molecule has 0 aromatic heterocycles. The van der Waals surface area contributed by atoms with Crippen LogP contribution in [0.2, 0.25) is 0 Å². The average molecular weight is 456 g/mol. The van der Waals surface area contributed by atoms with Gasteiger partial charge in [0, 0.05) is 38.8 Å². The van der Waals surface area contributed by atoms with Gasteiger partial charge in [-0.1, -0.05) is 12.1 Å². The summed E-state index contributed by atoms with van der Waals surface area (Å²) in [5, 5.41) is 0.